The molecule has 2 amide bonds. The summed E-state index contributed by atoms with van der Waals surface area (Å²) >= 11 is 6.09. The van der Waals surface area contributed by atoms with Crippen LogP contribution in [-0.2, 0) is 9.59 Å². The molecule has 0 bridgehead atoms. The molecule has 0 atom stereocenters. The standard InChI is InChI=1S/C21H19ClN2O3/c22-17-3-1-2-16(13-17)19(21(26)23-18-9-10-18)12-15-6-4-14(5-7-15)8-11-20(25)24-27/h1-8,11-13,18,27H,9-10H2,(H,23,26)(H,24,25)/b11-8+,19-12+. The lowest BCUT2D eigenvalue weighted by Crippen LogP contribution is -2.26. The van der Waals surface area contributed by atoms with Crippen LogP contribution in [0.25, 0.3) is 17.7 Å². The van der Waals surface area contributed by atoms with Gasteiger partial charge in [0.25, 0.3) is 11.8 Å². The van der Waals surface area contributed by atoms with E-state index in [0.29, 0.717) is 10.6 Å². The molecule has 0 spiro atoms. The van der Waals surface area contributed by atoms with Crippen molar-refractivity contribution in [3.8, 4) is 0 Å². The maximum atomic E-state index is 12.7. The van der Waals surface area contributed by atoms with E-state index in [-0.39, 0.29) is 11.9 Å². The molecule has 1 aliphatic rings. The highest BCUT2D eigenvalue weighted by atomic mass is 35.5. The van der Waals surface area contributed by atoms with Gasteiger partial charge in [-0.05, 0) is 53.8 Å². The van der Waals surface area contributed by atoms with E-state index < -0.39 is 5.91 Å². The summed E-state index contributed by atoms with van der Waals surface area (Å²) < 4.78 is 0. The molecule has 0 aliphatic heterocycles. The third kappa shape index (κ3) is 5.54. The Bertz CT molecular complexity index is 900. The van der Waals surface area contributed by atoms with Gasteiger partial charge in [-0.25, -0.2) is 5.48 Å². The quantitative estimate of drug-likeness (QED) is 0.308. The molecule has 1 saturated carbocycles. The van der Waals surface area contributed by atoms with E-state index in [1.807, 2.05) is 42.5 Å². The Morgan fingerprint density at radius 3 is 2.41 bits per heavy atom. The average Bonchev–Trinajstić information content (AvgIpc) is 3.49. The van der Waals surface area contributed by atoms with Gasteiger partial charge in [0, 0.05) is 22.7 Å². The van der Waals surface area contributed by atoms with E-state index in [4.69, 9.17) is 16.8 Å². The molecule has 3 N–H and O–H groups in total. The van der Waals surface area contributed by atoms with Gasteiger partial charge in [0.15, 0.2) is 0 Å². The molecule has 27 heavy (non-hydrogen) atoms. The number of halogens is 1. The Morgan fingerprint density at radius 2 is 1.78 bits per heavy atom. The maximum Gasteiger partial charge on any atom is 0.267 e. The number of hydrogen-bond acceptors (Lipinski definition) is 3. The van der Waals surface area contributed by atoms with Crippen LogP contribution in [0.3, 0.4) is 0 Å². The lowest BCUT2D eigenvalue weighted by Gasteiger charge is -2.10. The number of carbonyl (C=O) groups is 2. The zero-order valence-electron chi connectivity index (χ0n) is 14.5. The molecule has 2 aromatic rings. The van der Waals surface area contributed by atoms with Crippen molar-refractivity contribution in [3.05, 3.63) is 76.3 Å². The Morgan fingerprint density at radius 1 is 1.07 bits per heavy atom. The second-order valence-electron chi connectivity index (χ2n) is 6.29. The fourth-order valence-corrected chi connectivity index (χ4v) is 2.70. The van der Waals surface area contributed by atoms with Crippen LogP contribution in [0.5, 0.6) is 0 Å². The highest BCUT2D eigenvalue weighted by molar-refractivity contribution is 6.31. The monoisotopic (exact) mass is 382 g/mol. The number of hydroxylamine groups is 1. The first kappa shape index (κ1) is 18.9. The summed E-state index contributed by atoms with van der Waals surface area (Å²) in [6.07, 6.45) is 6.65. The lowest BCUT2D eigenvalue weighted by molar-refractivity contribution is -0.124. The zero-order valence-corrected chi connectivity index (χ0v) is 15.2. The van der Waals surface area contributed by atoms with Crippen molar-refractivity contribution in [3.63, 3.8) is 0 Å². The molecule has 0 aromatic heterocycles. The Balaban J connectivity index is 1.87. The highest BCUT2D eigenvalue weighted by Gasteiger charge is 2.25. The topological polar surface area (TPSA) is 78.4 Å². The summed E-state index contributed by atoms with van der Waals surface area (Å²) in [7, 11) is 0. The van der Waals surface area contributed by atoms with Crippen molar-refractivity contribution in [2.45, 2.75) is 18.9 Å². The van der Waals surface area contributed by atoms with E-state index in [1.165, 1.54) is 11.6 Å². The largest absolute Gasteiger partial charge is 0.349 e. The average molecular weight is 383 g/mol. The van der Waals surface area contributed by atoms with Crippen molar-refractivity contribution in [2.75, 3.05) is 0 Å². The van der Waals surface area contributed by atoms with E-state index in [2.05, 4.69) is 5.32 Å². The van der Waals surface area contributed by atoms with Crippen molar-refractivity contribution in [1.29, 1.82) is 0 Å². The normalized spacial score (nSPS) is 14.2. The van der Waals surface area contributed by atoms with Gasteiger partial charge >= 0.3 is 0 Å². The number of carbonyl (C=O) groups excluding carboxylic acids is 2. The molecular weight excluding hydrogens is 364 g/mol. The van der Waals surface area contributed by atoms with Crippen LogP contribution < -0.4 is 10.8 Å². The Hall–Kier alpha value is -2.89. The molecular formula is C21H19ClN2O3. The first-order valence-electron chi connectivity index (χ1n) is 8.56. The van der Waals surface area contributed by atoms with Crippen LogP contribution in [0.15, 0.2) is 54.6 Å². The predicted molar refractivity (Wildman–Crippen MR) is 106 cm³/mol. The summed E-state index contributed by atoms with van der Waals surface area (Å²) in [5, 5.41) is 12.1. The lowest BCUT2D eigenvalue weighted by atomic mass is 10.0. The summed E-state index contributed by atoms with van der Waals surface area (Å²) in [4.78, 5) is 23.7. The molecule has 6 heteroatoms. The van der Waals surface area contributed by atoms with E-state index in [9.17, 15) is 9.59 Å². The van der Waals surface area contributed by atoms with Gasteiger partial charge in [0.1, 0.15) is 0 Å². The van der Waals surface area contributed by atoms with Crippen LogP contribution in [-0.4, -0.2) is 23.1 Å². The summed E-state index contributed by atoms with van der Waals surface area (Å²) in [5.74, 6) is -0.720. The van der Waals surface area contributed by atoms with Gasteiger partial charge in [-0.3, -0.25) is 14.8 Å². The highest BCUT2D eigenvalue weighted by Crippen LogP contribution is 2.25. The van der Waals surface area contributed by atoms with Crippen LogP contribution in [0.4, 0.5) is 0 Å². The van der Waals surface area contributed by atoms with Gasteiger partial charge in [-0.1, -0.05) is 48.0 Å². The number of rotatable bonds is 6. The fourth-order valence-electron chi connectivity index (χ4n) is 2.51. The molecule has 0 unspecified atom stereocenters. The van der Waals surface area contributed by atoms with Crippen molar-refractivity contribution in [2.24, 2.45) is 0 Å². The molecule has 5 nitrogen and oxygen atoms in total. The van der Waals surface area contributed by atoms with Crippen molar-refractivity contribution < 1.29 is 14.8 Å². The third-order valence-corrected chi connectivity index (χ3v) is 4.31. The molecule has 0 saturated heterocycles. The number of benzene rings is 2. The summed E-state index contributed by atoms with van der Waals surface area (Å²) in [6, 6.07) is 14.8. The second kappa shape index (κ2) is 8.66. The molecule has 1 fully saturated rings. The van der Waals surface area contributed by atoms with Gasteiger partial charge in [-0.15, -0.1) is 0 Å². The fraction of sp³-hybridized carbons (Fsp3) is 0.143. The summed E-state index contributed by atoms with van der Waals surface area (Å²) in [5.41, 5.74) is 4.48. The van der Waals surface area contributed by atoms with E-state index in [0.717, 1.165) is 29.5 Å². The minimum absolute atomic E-state index is 0.122. The number of amides is 2. The van der Waals surface area contributed by atoms with Gasteiger partial charge in [-0.2, -0.15) is 0 Å². The van der Waals surface area contributed by atoms with Crippen LogP contribution >= 0.6 is 11.6 Å². The summed E-state index contributed by atoms with van der Waals surface area (Å²) in [6.45, 7) is 0. The predicted octanol–water partition coefficient (Wildman–Crippen LogP) is 3.68. The second-order valence-corrected chi connectivity index (χ2v) is 6.73. The Labute approximate surface area is 162 Å². The van der Waals surface area contributed by atoms with Gasteiger partial charge in [0.2, 0.25) is 0 Å². The van der Waals surface area contributed by atoms with Crippen molar-refractivity contribution in [1.82, 2.24) is 10.8 Å². The van der Waals surface area contributed by atoms with Crippen molar-refractivity contribution >= 4 is 41.1 Å². The van der Waals surface area contributed by atoms with E-state index >= 15 is 0 Å². The van der Waals surface area contributed by atoms with Crippen LogP contribution in [0, 0.1) is 0 Å². The SMILES string of the molecule is O=C(/C=C/c1ccc(/C=C(/C(=O)NC2CC2)c2cccc(Cl)c2)cc1)NO. The van der Waals surface area contributed by atoms with E-state index in [1.54, 1.807) is 18.2 Å². The van der Waals surface area contributed by atoms with Gasteiger partial charge in [0.05, 0.1) is 0 Å². The first-order chi connectivity index (χ1) is 13.0. The minimum atomic E-state index is -0.598. The van der Waals surface area contributed by atoms with Gasteiger partial charge < -0.3 is 5.32 Å². The Kier molecular flexibility index (Phi) is 6.06. The number of hydrogen-bond donors (Lipinski definition) is 3. The molecule has 0 heterocycles. The van der Waals surface area contributed by atoms with Crippen LogP contribution in [0.1, 0.15) is 29.5 Å². The minimum Gasteiger partial charge on any atom is -0.349 e. The number of nitrogens with one attached hydrogen (secondary N) is 2. The van der Waals surface area contributed by atoms with Crippen LogP contribution in [0.2, 0.25) is 5.02 Å². The molecule has 3 rings (SSSR count). The molecule has 1 aliphatic carbocycles. The third-order valence-electron chi connectivity index (χ3n) is 4.08. The first-order valence-corrected chi connectivity index (χ1v) is 8.93. The zero-order chi connectivity index (χ0) is 19.2. The smallest absolute Gasteiger partial charge is 0.267 e. The molecule has 0 radical (unpaired) electrons. The molecule has 138 valence electrons. The maximum absolute atomic E-state index is 12.7. The molecule has 2 aromatic carbocycles.